The van der Waals surface area contributed by atoms with Crippen molar-refractivity contribution in [2.75, 3.05) is 13.2 Å². The highest BCUT2D eigenvalue weighted by Gasteiger charge is 2.24. The van der Waals surface area contributed by atoms with Crippen molar-refractivity contribution in [1.82, 2.24) is 14.8 Å². The zero-order chi connectivity index (χ0) is 26.8. The summed E-state index contributed by atoms with van der Waals surface area (Å²) in [4.78, 5) is 16.4. The van der Waals surface area contributed by atoms with Crippen LogP contribution in [-0.4, -0.2) is 39.1 Å². The highest BCUT2D eigenvalue weighted by Crippen LogP contribution is 2.37. The lowest BCUT2D eigenvalue weighted by Crippen LogP contribution is -2.09. The lowest BCUT2D eigenvalue weighted by molar-refractivity contribution is 0.0519. The molecule has 1 atom stereocenters. The van der Waals surface area contributed by atoms with Gasteiger partial charge in [0.25, 0.3) is 0 Å². The summed E-state index contributed by atoms with van der Waals surface area (Å²) in [5.74, 6) is 0.478. The Balaban J connectivity index is 1.49. The fraction of sp³-hybridized carbons (Fsp3) is 0.290. The number of aromatic amines is 1. The number of aliphatic hydroxyl groups is 1. The molecule has 196 valence electrons. The molecular formula is C31H33N3O4. The van der Waals surface area contributed by atoms with Gasteiger partial charge in [0.05, 0.1) is 30.5 Å². The fourth-order valence-electron chi connectivity index (χ4n) is 5.13. The van der Waals surface area contributed by atoms with Crippen LogP contribution in [0.25, 0.3) is 32.8 Å². The molecule has 7 nitrogen and oxygen atoms in total. The number of nitrogens with zero attached hydrogens (tertiary/aromatic N) is 2. The van der Waals surface area contributed by atoms with Crippen molar-refractivity contribution < 1.29 is 19.4 Å². The number of H-pyrrole nitrogens is 1. The van der Waals surface area contributed by atoms with E-state index in [2.05, 4.69) is 28.3 Å². The minimum atomic E-state index is -0.731. The van der Waals surface area contributed by atoms with Crippen molar-refractivity contribution >= 4 is 27.6 Å². The van der Waals surface area contributed by atoms with Gasteiger partial charge in [-0.2, -0.15) is 5.10 Å². The predicted octanol–water partition coefficient (Wildman–Crippen LogP) is 6.27. The molecule has 0 aliphatic heterocycles. The standard InChI is InChI=1S/C31H33N3O4/c1-5-37-31(36)30-24(16-10-18-38-26-17-8-12-21-11-6-7-13-22(21)26)23-14-9-15-25(29(23)32-30)27-19(2)34(4)33-28(27)20(3)35/h6-9,11-15,17,20,32,35H,5,10,16,18H2,1-4H3/t20-/m1/s1. The van der Waals surface area contributed by atoms with Gasteiger partial charge in [-0.3, -0.25) is 4.68 Å². The Morgan fingerprint density at radius 2 is 1.82 bits per heavy atom. The van der Waals surface area contributed by atoms with E-state index in [1.165, 1.54) is 0 Å². The molecule has 5 aromatic rings. The van der Waals surface area contributed by atoms with Gasteiger partial charge in [-0.1, -0.05) is 54.6 Å². The SMILES string of the molecule is CCOC(=O)c1[nH]c2c(-c3c([C@@H](C)O)nn(C)c3C)cccc2c1CCCOc1cccc2ccccc12. The number of fused-ring (bicyclic) bond motifs is 2. The summed E-state index contributed by atoms with van der Waals surface area (Å²) in [6.45, 7) is 6.30. The van der Waals surface area contributed by atoms with E-state index in [0.717, 1.165) is 56.2 Å². The first-order chi connectivity index (χ1) is 18.4. The summed E-state index contributed by atoms with van der Waals surface area (Å²) in [6, 6.07) is 20.2. The number of carbonyl (C=O) groups excluding carboxylic acids is 1. The third kappa shape index (κ3) is 4.65. The van der Waals surface area contributed by atoms with Crippen LogP contribution in [0.1, 0.15) is 53.8 Å². The van der Waals surface area contributed by atoms with Gasteiger partial charge < -0.3 is 19.6 Å². The van der Waals surface area contributed by atoms with Crippen LogP contribution >= 0.6 is 0 Å². The number of rotatable bonds is 9. The van der Waals surface area contributed by atoms with E-state index in [1.807, 2.05) is 56.4 Å². The molecule has 0 radical (unpaired) electrons. The highest BCUT2D eigenvalue weighted by molar-refractivity contribution is 6.04. The van der Waals surface area contributed by atoms with E-state index >= 15 is 0 Å². The van der Waals surface area contributed by atoms with E-state index in [0.29, 0.717) is 31.0 Å². The molecule has 0 fully saturated rings. The van der Waals surface area contributed by atoms with Crippen molar-refractivity contribution in [2.45, 2.75) is 39.7 Å². The van der Waals surface area contributed by atoms with Crippen molar-refractivity contribution in [3.05, 3.63) is 83.3 Å². The van der Waals surface area contributed by atoms with Gasteiger partial charge in [-0.15, -0.1) is 0 Å². The second-order valence-corrected chi connectivity index (χ2v) is 9.50. The van der Waals surface area contributed by atoms with Gasteiger partial charge in [0, 0.05) is 34.6 Å². The number of esters is 1. The van der Waals surface area contributed by atoms with E-state index in [4.69, 9.17) is 9.47 Å². The van der Waals surface area contributed by atoms with Gasteiger partial charge in [0.2, 0.25) is 0 Å². The van der Waals surface area contributed by atoms with Crippen LogP contribution in [0.4, 0.5) is 0 Å². The minimum Gasteiger partial charge on any atom is -0.493 e. The molecule has 7 heteroatoms. The lowest BCUT2D eigenvalue weighted by Gasteiger charge is -2.10. The molecule has 0 unspecified atom stereocenters. The first-order valence-corrected chi connectivity index (χ1v) is 13.0. The van der Waals surface area contributed by atoms with Crippen molar-refractivity contribution in [2.24, 2.45) is 7.05 Å². The minimum absolute atomic E-state index is 0.290. The van der Waals surface area contributed by atoms with Crippen LogP contribution < -0.4 is 4.74 Å². The van der Waals surface area contributed by atoms with Gasteiger partial charge >= 0.3 is 5.97 Å². The Morgan fingerprint density at radius 3 is 2.61 bits per heavy atom. The zero-order valence-corrected chi connectivity index (χ0v) is 22.2. The van der Waals surface area contributed by atoms with Gasteiger partial charge in [-0.05, 0) is 50.6 Å². The number of nitrogens with one attached hydrogen (secondary N) is 1. The molecule has 0 aliphatic rings. The van der Waals surface area contributed by atoms with E-state index in [9.17, 15) is 9.90 Å². The molecule has 38 heavy (non-hydrogen) atoms. The average Bonchev–Trinajstić information content (AvgIpc) is 3.44. The van der Waals surface area contributed by atoms with Crippen molar-refractivity contribution in [3.8, 4) is 16.9 Å². The van der Waals surface area contributed by atoms with E-state index in [-0.39, 0.29) is 5.97 Å². The van der Waals surface area contributed by atoms with Crippen LogP contribution in [-0.2, 0) is 18.2 Å². The second kappa shape index (κ2) is 10.7. The topological polar surface area (TPSA) is 89.4 Å². The molecule has 5 rings (SSSR count). The Kier molecular flexibility index (Phi) is 7.20. The molecule has 0 saturated heterocycles. The summed E-state index contributed by atoms with van der Waals surface area (Å²) in [5, 5.41) is 18.1. The number of hydrogen-bond acceptors (Lipinski definition) is 5. The zero-order valence-electron chi connectivity index (χ0n) is 22.2. The summed E-state index contributed by atoms with van der Waals surface area (Å²) in [5.41, 5.74) is 5.50. The molecule has 0 bridgehead atoms. The van der Waals surface area contributed by atoms with Crippen LogP contribution in [0.2, 0.25) is 0 Å². The van der Waals surface area contributed by atoms with E-state index in [1.54, 1.807) is 18.5 Å². The normalized spacial score (nSPS) is 12.2. The summed E-state index contributed by atoms with van der Waals surface area (Å²) in [6.07, 6.45) is 0.625. The maximum absolute atomic E-state index is 13.0. The third-order valence-corrected chi connectivity index (χ3v) is 7.03. The maximum Gasteiger partial charge on any atom is 0.355 e. The lowest BCUT2D eigenvalue weighted by atomic mass is 9.97. The average molecular weight is 512 g/mol. The quantitative estimate of drug-likeness (QED) is 0.180. The smallest absolute Gasteiger partial charge is 0.355 e. The number of ether oxygens (including phenoxy) is 2. The summed E-state index contributed by atoms with van der Waals surface area (Å²) < 4.78 is 13.3. The molecule has 2 aromatic heterocycles. The summed E-state index contributed by atoms with van der Waals surface area (Å²) >= 11 is 0. The number of hydrogen-bond donors (Lipinski definition) is 2. The molecule has 0 saturated carbocycles. The maximum atomic E-state index is 13.0. The fourth-order valence-corrected chi connectivity index (χ4v) is 5.13. The van der Waals surface area contributed by atoms with E-state index < -0.39 is 6.10 Å². The van der Waals surface area contributed by atoms with Crippen LogP contribution in [0.3, 0.4) is 0 Å². The van der Waals surface area contributed by atoms with Crippen LogP contribution in [0.5, 0.6) is 5.75 Å². The summed E-state index contributed by atoms with van der Waals surface area (Å²) in [7, 11) is 1.87. The van der Waals surface area contributed by atoms with Crippen molar-refractivity contribution in [3.63, 3.8) is 0 Å². The molecule has 2 heterocycles. The Hall–Kier alpha value is -4.10. The number of aliphatic hydroxyl groups excluding tert-OH is 1. The number of carbonyl (C=O) groups is 1. The second-order valence-electron chi connectivity index (χ2n) is 9.50. The Labute approximate surface area is 222 Å². The number of para-hydroxylation sites is 1. The van der Waals surface area contributed by atoms with Gasteiger partial charge in [0.15, 0.2) is 0 Å². The molecule has 2 N–H and O–H groups in total. The highest BCUT2D eigenvalue weighted by atomic mass is 16.5. The van der Waals surface area contributed by atoms with Gasteiger partial charge in [0.1, 0.15) is 11.4 Å². The molecule has 3 aromatic carbocycles. The van der Waals surface area contributed by atoms with Crippen LogP contribution in [0, 0.1) is 6.92 Å². The molecule has 0 spiro atoms. The Bertz CT molecular complexity index is 1610. The molecule has 0 aliphatic carbocycles. The monoisotopic (exact) mass is 511 g/mol. The van der Waals surface area contributed by atoms with Crippen LogP contribution in [0.15, 0.2) is 60.7 Å². The number of aromatic nitrogens is 3. The third-order valence-electron chi connectivity index (χ3n) is 7.03. The Morgan fingerprint density at radius 1 is 1.08 bits per heavy atom. The largest absolute Gasteiger partial charge is 0.493 e. The van der Waals surface area contributed by atoms with Crippen molar-refractivity contribution in [1.29, 1.82) is 0 Å². The number of benzene rings is 3. The first kappa shape index (κ1) is 25.5. The molecular weight excluding hydrogens is 478 g/mol. The molecule has 0 amide bonds. The van der Waals surface area contributed by atoms with Gasteiger partial charge in [-0.25, -0.2) is 4.79 Å². The first-order valence-electron chi connectivity index (χ1n) is 13.0. The predicted molar refractivity (Wildman–Crippen MR) is 150 cm³/mol. The number of aryl methyl sites for hydroxylation is 2.